The monoisotopic (exact) mass is 361 g/mol. The molecule has 0 radical (unpaired) electrons. The number of amides is 2. The molecular formula is C19H24ClN3O2. The minimum atomic E-state index is -0.0572. The van der Waals surface area contributed by atoms with Crippen LogP contribution < -0.4 is 5.73 Å². The van der Waals surface area contributed by atoms with Crippen molar-refractivity contribution in [1.82, 2.24) is 9.80 Å². The van der Waals surface area contributed by atoms with Crippen molar-refractivity contribution in [3.63, 3.8) is 0 Å². The van der Waals surface area contributed by atoms with E-state index in [9.17, 15) is 9.59 Å². The summed E-state index contributed by atoms with van der Waals surface area (Å²) >= 11 is 0. The molecule has 5 nitrogen and oxygen atoms in total. The van der Waals surface area contributed by atoms with Crippen LogP contribution in [0, 0.1) is 0 Å². The molecule has 0 aromatic heterocycles. The maximum Gasteiger partial charge on any atom is 0.254 e. The maximum atomic E-state index is 12.6. The smallest absolute Gasteiger partial charge is 0.254 e. The summed E-state index contributed by atoms with van der Waals surface area (Å²) in [5.41, 5.74) is 8.52. The first-order chi connectivity index (χ1) is 11.4. The number of anilines is 1. The molecule has 2 aromatic rings. The van der Waals surface area contributed by atoms with E-state index < -0.39 is 0 Å². The van der Waals surface area contributed by atoms with Crippen LogP contribution >= 0.6 is 12.4 Å². The van der Waals surface area contributed by atoms with E-state index in [-0.39, 0.29) is 24.2 Å². The average Bonchev–Trinajstić information content (AvgIpc) is 2.59. The van der Waals surface area contributed by atoms with Crippen LogP contribution in [-0.4, -0.2) is 42.3 Å². The van der Waals surface area contributed by atoms with Crippen LogP contribution in [0.2, 0.25) is 0 Å². The molecule has 0 aliphatic carbocycles. The highest BCUT2D eigenvalue weighted by Gasteiger charge is 2.15. The molecule has 0 atom stereocenters. The molecule has 0 saturated carbocycles. The number of nitrogens with zero attached hydrogens (tertiary/aromatic N) is 2. The highest BCUT2D eigenvalue weighted by atomic mass is 35.5. The van der Waals surface area contributed by atoms with Gasteiger partial charge in [0.25, 0.3) is 11.8 Å². The fraction of sp³-hybridized carbons (Fsp3) is 0.263. The van der Waals surface area contributed by atoms with Gasteiger partial charge in [0.2, 0.25) is 0 Å². The van der Waals surface area contributed by atoms with Gasteiger partial charge in [-0.2, -0.15) is 0 Å². The number of nitrogens with two attached hydrogens (primary N) is 1. The van der Waals surface area contributed by atoms with Crippen LogP contribution in [-0.2, 0) is 6.54 Å². The van der Waals surface area contributed by atoms with Gasteiger partial charge in [-0.15, -0.1) is 12.4 Å². The average molecular weight is 362 g/mol. The van der Waals surface area contributed by atoms with E-state index in [4.69, 9.17) is 5.73 Å². The van der Waals surface area contributed by atoms with Crippen molar-refractivity contribution in [1.29, 1.82) is 0 Å². The molecule has 2 N–H and O–H groups in total. The molecule has 0 spiro atoms. The van der Waals surface area contributed by atoms with Gasteiger partial charge in [0.05, 0.1) is 0 Å². The highest BCUT2D eigenvalue weighted by molar-refractivity contribution is 5.95. The van der Waals surface area contributed by atoms with Crippen LogP contribution in [0.3, 0.4) is 0 Å². The zero-order valence-corrected chi connectivity index (χ0v) is 15.5. The molecule has 0 aliphatic rings. The Balaban J connectivity index is 0.00000312. The molecule has 134 valence electrons. The van der Waals surface area contributed by atoms with E-state index in [1.54, 1.807) is 55.4 Å². The fourth-order valence-corrected chi connectivity index (χ4v) is 2.41. The zero-order valence-electron chi connectivity index (χ0n) is 14.7. The van der Waals surface area contributed by atoms with Gasteiger partial charge < -0.3 is 15.5 Å². The van der Waals surface area contributed by atoms with Gasteiger partial charge in [-0.25, -0.2) is 0 Å². The standard InChI is InChI=1S/C19H23N3O2.ClH/c1-4-22(19(24)16-6-5-7-17(20)12-16)13-14-8-10-15(11-9-14)18(23)21(2)3;/h5-12H,4,13,20H2,1-3H3;1H. The second kappa shape index (κ2) is 9.08. The first-order valence-corrected chi connectivity index (χ1v) is 7.87. The van der Waals surface area contributed by atoms with E-state index in [1.165, 1.54) is 4.90 Å². The third-order valence-electron chi connectivity index (χ3n) is 3.78. The Bertz CT molecular complexity index is 730. The van der Waals surface area contributed by atoms with E-state index >= 15 is 0 Å². The van der Waals surface area contributed by atoms with Gasteiger partial charge in [0, 0.05) is 44.0 Å². The number of carbonyl (C=O) groups excluding carboxylic acids is 2. The number of halogens is 1. The Hall–Kier alpha value is -2.53. The van der Waals surface area contributed by atoms with Crippen LogP contribution in [0.25, 0.3) is 0 Å². The molecule has 0 unspecified atom stereocenters. The predicted octanol–water partition coefficient (Wildman–Crippen LogP) is 3.05. The van der Waals surface area contributed by atoms with Gasteiger partial charge >= 0.3 is 0 Å². The predicted molar refractivity (Wildman–Crippen MR) is 103 cm³/mol. The van der Waals surface area contributed by atoms with Crippen LogP contribution in [0.15, 0.2) is 48.5 Å². The fourth-order valence-electron chi connectivity index (χ4n) is 2.41. The quantitative estimate of drug-likeness (QED) is 0.832. The van der Waals surface area contributed by atoms with E-state index in [0.717, 1.165) is 5.56 Å². The van der Waals surface area contributed by atoms with Crippen LogP contribution in [0.1, 0.15) is 33.2 Å². The minimum Gasteiger partial charge on any atom is -0.399 e. The molecule has 0 heterocycles. The number of nitrogen functional groups attached to an aromatic ring is 1. The highest BCUT2D eigenvalue weighted by Crippen LogP contribution is 2.14. The van der Waals surface area contributed by atoms with Crippen molar-refractivity contribution in [3.8, 4) is 0 Å². The first kappa shape index (κ1) is 20.5. The van der Waals surface area contributed by atoms with Crippen LogP contribution in [0.4, 0.5) is 5.69 Å². The summed E-state index contributed by atoms with van der Waals surface area (Å²) in [5.74, 6) is -0.0945. The number of hydrogen-bond donors (Lipinski definition) is 1. The number of benzene rings is 2. The van der Waals surface area contributed by atoms with Crippen molar-refractivity contribution < 1.29 is 9.59 Å². The van der Waals surface area contributed by atoms with Crippen molar-refractivity contribution in [2.45, 2.75) is 13.5 Å². The molecule has 0 aliphatic heterocycles. The lowest BCUT2D eigenvalue weighted by Crippen LogP contribution is -2.30. The minimum absolute atomic E-state index is 0. The van der Waals surface area contributed by atoms with E-state index in [2.05, 4.69) is 0 Å². The zero-order chi connectivity index (χ0) is 17.7. The molecule has 2 amide bonds. The summed E-state index contributed by atoms with van der Waals surface area (Å²) in [7, 11) is 3.44. The Morgan fingerprint density at radius 3 is 2.12 bits per heavy atom. The molecule has 0 fully saturated rings. The van der Waals surface area contributed by atoms with Gasteiger partial charge in [0.1, 0.15) is 0 Å². The van der Waals surface area contributed by atoms with E-state index in [0.29, 0.717) is 29.9 Å². The summed E-state index contributed by atoms with van der Waals surface area (Å²) < 4.78 is 0. The molecule has 6 heteroatoms. The Kier molecular flexibility index (Phi) is 7.45. The largest absolute Gasteiger partial charge is 0.399 e. The summed E-state index contributed by atoms with van der Waals surface area (Å²) in [6, 6.07) is 14.3. The third kappa shape index (κ3) is 5.22. The van der Waals surface area contributed by atoms with Crippen molar-refractivity contribution in [3.05, 3.63) is 65.2 Å². The molecule has 25 heavy (non-hydrogen) atoms. The lowest BCUT2D eigenvalue weighted by Gasteiger charge is -2.21. The molecule has 0 bridgehead atoms. The summed E-state index contributed by atoms with van der Waals surface area (Å²) in [5, 5.41) is 0. The number of hydrogen-bond acceptors (Lipinski definition) is 3. The van der Waals surface area contributed by atoms with Gasteiger partial charge in [-0.3, -0.25) is 9.59 Å². The number of rotatable bonds is 5. The molecule has 0 saturated heterocycles. The van der Waals surface area contributed by atoms with Gasteiger partial charge in [-0.1, -0.05) is 18.2 Å². The maximum absolute atomic E-state index is 12.6. The summed E-state index contributed by atoms with van der Waals surface area (Å²) in [4.78, 5) is 27.8. The third-order valence-corrected chi connectivity index (χ3v) is 3.78. The van der Waals surface area contributed by atoms with Crippen molar-refractivity contribution in [2.75, 3.05) is 26.4 Å². The second-order valence-electron chi connectivity index (χ2n) is 5.84. The molecule has 2 aromatic carbocycles. The summed E-state index contributed by atoms with van der Waals surface area (Å²) in [6.45, 7) is 3.01. The SMILES string of the molecule is CCN(Cc1ccc(C(=O)N(C)C)cc1)C(=O)c1cccc(N)c1.Cl. The Morgan fingerprint density at radius 2 is 1.60 bits per heavy atom. The van der Waals surface area contributed by atoms with Crippen LogP contribution in [0.5, 0.6) is 0 Å². The van der Waals surface area contributed by atoms with E-state index in [1.807, 2.05) is 19.1 Å². The van der Waals surface area contributed by atoms with Crippen molar-refractivity contribution >= 4 is 29.9 Å². The first-order valence-electron chi connectivity index (χ1n) is 7.87. The molecular weight excluding hydrogens is 338 g/mol. The summed E-state index contributed by atoms with van der Waals surface area (Å²) in [6.07, 6.45) is 0. The van der Waals surface area contributed by atoms with Crippen molar-refractivity contribution in [2.24, 2.45) is 0 Å². The lowest BCUT2D eigenvalue weighted by molar-refractivity contribution is 0.0751. The molecule has 2 rings (SSSR count). The Morgan fingerprint density at radius 1 is 0.960 bits per heavy atom. The lowest BCUT2D eigenvalue weighted by atomic mass is 10.1. The Labute approximate surface area is 154 Å². The topological polar surface area (TPSA) is 66.6 Å². The van der Waals surface area contributed by atoms with Gasteiger partial charge in [-0.05, 0) is 42.8 Å². The second-order valence-corrected chi connectivity index (χ2v) is 5.84. The van der Waals surface area contributed by atoms with Gasteiger partial charge in [0.15, 0.2) is 0 Å². The number of carbonyl (C=O) groups is 2. The normalized spacial score (nSPS) is 9.88.